The van der Waals surface area contributed by atoms with Crippen molar-refractivity contribution in [2.75, 3.05) is 0 Å². The van der Waals surface area contributed by atoms with Gasteiger partial charge in [-0.25, -0.2) is 0 Å². The first-order valence-corrected chi connectivity index (χ1v) is 10.5. The number of nitrogens with one attached hydrogen (secondary N) is 1. The quantitative estimate of drug-likeness (QED) is 0.702. The van der Waals surface area contributed by atoms with Crippen LogP contribution in [0.25, 0.3) is 11.1 Å². The van der Waals surface area contributed by atoms with Crippen molar-refractivity contribution in [1.29, 1.82) is 5.26 Å². The van der Waals surface area contributed by atoms with Crippen LogP contribution in [0.1, 0.15) is 50.0 Å². The van der Waals surface area contributed by atoms with Gasteiger partial charge >= 0.3 is 0 Å². The van der Waals surface area contributed by atoms with Gasteiger partial charge in [0.15, 0.2) is 5.78 Å². The van der Waals surface area contributed by atoms with Crippen LogP contribution < -0.4 is 5.32 Å². The summed E-state index contributed by atoms with van der Waals surface area (Å²) < 4.78 is 0. The first-order chi connectivity index (χ1) is 13.3. The number of carbonyl (C=O) groups is 1. The molecule has 1 aromatic heterocycles. The Kier molecular flexibility index (Phi) is 4.51. The minimum atomic E-state index is -0.256. The third-order valence-electron chi connectivity index (χ3n) is 5.65. The summed E-state index contributed by atoms with van der Waals surface area (Å²) in [5, 5.41) is 15.3. The smallest absolute Gasteiger partial charge is 0.162 e. The Morgan fingerprint density at radius 2 is 1.86 bits per heavy atom. The molecule has 0 radical (unpaired) electrons. The van der Waals surface area contributed by atoms with Crippen molar-refractivity contribution in [3.63, 3.8) is 0 Å². The molecule has 1 N–H and O–H groups in total. The molecule has 142 valence electrons. The molecule has 1 aromatic carbocycles. The van der Waals surface area contributed by atoms with E-state index in [0.29, 0.717) is 12.0 Å². The highest BCUT2D eigenvalue weighted by Gasteiger charge is 2.41. The van der Waals surface area contributed by atoms with Gasteiger partial charge in [-0.2, -0.15) is 5.26 Å². The summed E-state index contributed by atoms with van der Waals surface area (Å²) in [6.45, 7) is 8.28. The molecule has 1 atom stereocenters. The summed E-state index contributed by atoms with van der Waals surface area (Å²) in [7, 11) is 0. The number of ketones is 1. The van der Waals surface area contributed by atoms with E-state index in [2.05, 4.69) is 67.9 Å². The topological polar surface area (TPSA) is 52.9 Å². The molecule has 4 heteroatoms. The first kappa shape index (κ1) is 18.7. The molecule has 3 nitrogen and oxygen atoms in total. The number of nitrogens with zero attached hydrogens (tertiary/aromatic N) is 1. The monoisotopic (exact) mass is 388 g/mol. The summed E-state index contributed by atoms with van der Waals surface area (Å²) >= 11 is 1.63. The zero-order chi connectivity index (χ0) is 20.1. The van der Waals surface area contributed by atoms with E-state index in [1.165, 1.54) is 5.56 Å². The Balaban J connectivity index is 1.81. The maximum Gasteiger partial charge on any atom is 0.162 e. The van der Waals surface area contributed by atoms with Gasteiger partial charge in [0.25, 0.3) is 0 Å². The fraction of sp³-hybridized carbons (Fsp3) is 0.333. The van der Waals surface area contributed by atoms with Crippen LogP contribution in [0.2, 0.25) is 0 Å². The van der Waals surface area contributed by atoms with Crippen LogP contribution in [-0.4, -0.2) is 5.78 Å². The number of allylic oxidation sites excluding steroid dienone is 4. The number of hydrogen-bond donors (Lipinski definition) is 1. The molecule has 2 aliphatic rings. The van der Waals surface area contributed by atoms with Crippen molar-refractivity contribution < 1.29 is 4.79 Å². The van der Waals surface area contributed by atoms with Crippen molar-refractivity contribution in [3.05, 3.63) is 68.7 Å². The molecule has 2 heterocycles. The SMILES string of the molecule is CC1=C(C#N)[C@H](c2cc(-c3ccc(C)cc3)cs2)C2=C(CC(C)(C)CC2=O)N1. The van der Waals surface area contributed by atoms with Crippen LogP contribution in [0, 0.1) is 23.7 Å². The van der Waals surface area contributed by atoms with Crippen LogP contribution in [0.5, 0.6) is 0 Å². The number of hydrogen-bond acceptors (Lipinski definition) is 4. The largest absolute Gasteiger partial charge is 0.361 e. The van der Waals surface area contributed by atoms with Gasteiger partial charge in [0.1, 0.15) is 0 Å². The summed E-state index contributed by atoms with van der Waals surface area (Å²) in [6, 6.07) is 13.0. The van der Waals surface area contributed by atoms with E-state index in [9.17, 15) is 10.1 Å². The Morgan fingerprint density at radius 3 is 2.54 bits per heavy atom. The number of dihydropyridines is 1. The van der Waals surface area contributed by atoms with Crippen molar-refractivity contribution in [2.24, 2.45) is 5.41 Å². The second kappa shape index (κ2) is 6.76. The highest BCUT2D eigenvalue weighted by Crippen LogP contribution is 2.48. The maximum absolute atomic E-state index is 13.1. The lowest BCUT2D eigenvalue weighted by Gasteiger charge is -2.38. The first-order valence-electron chi connectivity index (χ1n) is 9.59. The zero-order valence-electron chi connectivity index (χ0n) is 16.7. The Labute approximate surface area is 170 Å². The van der Waals surface area contributed by atoms with Gasteiger partial charge in [-0.1, -0.05) is 43.7 Å². The number of nitriles is 1. The number of Topliss-reactive ketones (excluding diaryl/α,β-unsaturated/α-hetero) is 1. The molecule has 0 saturated heterocycles. The third kappa shape index (κ3) is 3.21. The lowest BCUT2D eigenvalue weighted by molar-refractivity contribution is -0.118. The molecular weight excluding hydrogens is 364 g/mol. The molecule has 1 aliphatic heterocycles. The van der Waals surface area contributed by atoms with Gasteiger partial charge < -0.3 is 5.32 Å². The fourth-order valence-electron chi connectivity index (χ4n) is 4.27. The molecule has 0 spiro atoms. The van der Waals surface area contributed by atoms with E-state index < -0.39 is 0 Å². The average molecular weight is 389 g/mol. The fourth-order valence-corrected chi connectivity index (χ4v) is 5.30. The van der Waals surface area contributed by atoms with Crippen LogP contribution in [0.3, 0.4) is 0 Å². The minimum absolute atomic E-state index is 0.0552. The second-order valence-corrected chi connectivity index (χ2v) is 9.59. The van der Waals surface area contributed by atoms with Gasteiger partial charge in [-0.05, 0) is 48.3 Å². The molecule has 28 heavy (non-hydrogen) atoms. The Hall–Kier alpha value is -2.64. The molecule has 0 unspecified atom stereocenters. The summed E-state index contributed by atoms with van der Waals surface area (Å²) in [4.78, 5) is 14.1. The number of rotatable bonds is 2. The van der Waals surface area contributed by atoms with Crippen molar-refractivity contribution in [2.45, 2.75) is 46.5 Å². The molecule has 0 bridgehead atoms. The van der Waals surface area contributed by atoms with Crippen molar-refractivity contribution in [1.82, 2.24) is 5.32 Å². The predicted octanol–water partition coefficient (Wildman–Crippen LogP) is 5.85. The average Bonchev–Trinajstić information content (AvgIpc) is 3.09. The predicted molar refractivity (Wildman–Crippen MR) is 114 cm³/mol. The standard InChI is InChI=1S/C24H24N2OS/c1-14-5-7-16(8-6-14)17-9-21(28-13-17)22-18(12-25)15(2)26-19-10-24(3,4)11-20(27)23(19)22/h5-9,13,22,26H,10-11H2,1-4H3/t22-/m1/s1. The molecule has 4 rings (SSSR count). The highest BCUT2D eigenvalue weighted by molar-refractivity contribution is 7.10. The van der Waals surface area contributed by atoms with E-state index in [4.69, 9.17) is 0 Å². The Morgan fingerprint density at radius 1 is 1.14 bits per heavy atom. The molecule has 0 fully saturated rings. The van der Waals surface area contributed by atoms with E-state index in [1.807, 2.05) is 6.92 Å². The summed E-state index contributed by atoms with van der Waals surface area (Å²) in [5.41, 5.74) is 6.78. The lowest BCUT2D eigenvalue weighted by atomic mass is 9.70. The van der Waals surface area contributed by atoms with Crippen LogP contribution in [0.15, 0.2) is 58.3 Å². The number of benzene rings is 1. The van der Waals surface area contributed by atoms with E-state index >= 15 is 0 Å². The minimum Gasteiger partial charge on any atom is -0.361 e. The van der Waals surface area contributed by atoms with Crippen LogP contribution in [0.4, 0.5) is 0 Å². The summed E-state index contributed by atoms with van der Waals surface area (Å²) in [6.07, 6.45) is 1.36. The summed E-state index contributed by atoms with van der Waals surface area (Å²) in [5.74, 6) is -0.0941. The van der Waals surface area contributed by atoms with Crippen molar-refractivity contribution in [3.8, 4) is 17.2 Å². The Bertz CT molecular complexity index is 1060. The van der Waals surface area contributed by atoms with Gasteiger partial charge in [0.2, 0.25) is 0 Å². The zero-order valence-corrected chi connectivity index (χ0v) is 17.5. The maximum atomic E-state index is 13.1. The van der Waals surface area contributed by atoms with Crippen LogP contribution >= 0.6 is 11.3 Å². The lowest BCUT2D eigenvalue weighted by Crippen LogP contribution is -2.36. The van der Waals surface area contributed by atoms with E-state index in [-0.39, 0.29) is 17.1 Å². The normalized spacial score (nSPS) is 21.2. The molecule has 1 aliphatic carbocycles. The molecular formula is C24H24N2OS. The molecule has 2 aromatic rings. The van der Waals surface area contributed by atoms with Gasteiger partial charge in [0, 0.05) is 28.3 Å². The number of carbonyl (C=O) groups excluding carboxylic acids is 1. The van der Waals surface area contributed by atoms with Gasteiger partial charge in [0.05, 0.1) is 17.6 Å². The highest BCUT2D eigenvalue weighted by atomic mass is 32.1. The second-order valence-electron chi connectivity index (χ2n) is 8.65. The van der Waals surface area contributed by atoms with Gasteiger partial charge in [-0.3, -0.25) is 4.79 Å². The van der Waals surface area contributed by atoms with Crippen LogP contribution in [-0.2, 0) is 4.79 Å². The third-order valence-corrected chi connectivity index (χ3v) is 6.65. The number of thiophene rings is 1. The van der Waals surface area contributed by atoms with Gasteiger partial charge in [-0.15, -0.1) is 11.3 Å². The van der Waals surface area contributed by atoms with Crippen molar-refractivity contribution >= 4 is 17.1 Å². The van der Waals surface area contributed by atoms with E-state index in [0.717, 1.165) is 39.4 Å². The number of aryl methyl sites for hydroxylation is 1. The molecule has 0 amide bonds. The van der Waals surface area contributed by atoms with E-state index in [1.54, 1.807) is 11.3 Å². The molecule has 0 saturated carbocycles.